The smallest absolute Gasteiger partial charge is 0.0537 e. The molecule has 1 rings (SSSR count). The molecule has 1 heterocycles. The number of aryl methyl sites for hydroxylation is 1. The van der Waals surface area contributed by atoms with Crippen molar-refractivity contribution < 1.29 is 0 Å². The fraction of sp³-hybridized carbons (Fsp3) is 0.667. The molecule has 0 fully saturated rings. The molecule has 74 valence electrons. The molecular weight excluding hydrogens is 182 g/mol. The van der Waals surface area contributed by atoms with Gasteiger partial charge in [-0.3, -0.25) is 4.68 Å². The number of nitrogens with zero attached hydrogens (tertiary/aromatic N) is 2. The van der Waals surface area contributed by atoms with Crippen LogP contribution in [0.5, 0.6) is 0 Å². The first-order valence-corrected chi connectivity index (χ1v) is 5.82. The summed E-state index contributed by atoms with van der Waals surface area (Å²) < 4.78 is 1.91. The molecule has 3 nitrogen and oxygen atoms in total. The topological polar surface area (TPSA) is 29.9 Å². The average molecular weight is 199 g/mol. The van der Waals surface area contributed by atoms with Crippen LogP contribution in [0.4, 0.5) is 0 Å². The zero-order chi connectivity index (χ0) is 9.68. The normalized spacial score (nSPS) is 10.7. The minimum Gasteiger partial charge on any atom is -0.312 e. The standard InChI is InChI=1S/C9H17N3S/c1-8-9(7-11-12(8)2)6-10-4-5-13-3/h7,10H,4-6H2,1-3H3. The lowest BCUT2D eigenvalue weighted by molar-refractivity contribution is 0.713. The van der Waals surface area contributed by atoms with Gasteiger partial charge in [-0.1, -0.05) is 0 Å². The van der Waals surface area contributed by atoms with E-state index >= 15 is 0 Å². The van der Waals surface area contributed by atoms with Crippen LogP contribution >= 0.6 is 11.8 Å². The van der Waals surface area contributed by atoms with Gasteiger partial charge in [0.25, 0.3) is 0 Å². The van der Waals surface area contributed by atoms with Gasteiger partial charge in [0.15, 0.2) is 0 Å². The highest BCUT2D eigenvalue weighted by Gasteiger charge is 2.01. The van der Waals surface area contributed by atoms with Gasteiger partial charge in [-0.2, -0.15) is 16.9 Å². The van der Waals surface area contributed by atoms with Gasteiger partial charge in [-0.05, 0) is 13.2 Å². The first-order valence-electron chi connectivity index (χ1n) is 4.43. The van der Waals surface area contributed by atoms with Crippen molar-refractivity contribution in [1.29, 1.82) is 0 Å². The van der Waals surface area contributed by atoms with E-state index in [1.54, 1.807) is 0 Å². The third-order valence-corrected chi connectivity index (χ3v) is 2.75. The third kappa shape index (κ3) is 3.04. The number of hydrogen-bond donors (Lipinski definition) is 1. The lowest BCUT2D eigenvalue weighted by atomic mass is 10.2. The Morgan fingerprint density at radius 2 is 2.38 bits per heavy atom. The first kappa shape index (κ1) is 10.6. The van der Waals surface area contributed by atoms with Gasteiger partial charge in [-0.25, -0.2) is 0 Å². The van der Waals surface area contributed by atoms with Gasteiger partial charge in [0.2, 0.25) is 0 Å². The molecule has 1 aromatic rings. The van der Waals surface area contributed by atoms with Crippen LogP contribution in [0.25, 0.3) is 0 Å². The van der Waals surface area contributed by atoms with E-state index in [-0.39, 0.29) is 0 Å². The summed E-state index contributed by atoms with van der Waals surface area (Å²) in [4.78, 5) is 0. The number of hydrogen-bond acceptors (Lipinski definition) is 3. The zero-order valence-electron chi connectivity index (χ0n) is 8.50. The highest BCUT2D eigenvalue weighted by atomic mass is 32.2. The van der Waals surface area contributed by atoms with Crippen molar-refractivity contribution in [3.8, 4) is 0 Å². The predicted molar refractivity (Wildman–Crippen MR) is 58.0 cm³/mol. The summed E-state index contributed by atoms with van der Waals surface area (Å²) in [5, 5.41) is 7.57. The molecule has 0 saturated heterocycles. The second kappa shape index (κ2) is 5.29. The Kier molecular flexibility index (Phi) is 4.32. The Balaban J connectivity index is 2.32. The Labute approximate surface area is 83.9 Å². The van der Waals surface area contributed by atoms with Crippen LogP contribution in [0.2, 0.25) is 0 Å². The van der Waals surface area contributed by atoms with Gasteiger partial charge in [0.05, 0.1) is 6.20 Å². The van der Waals surface area contributed by atoms with E-state index in [4.69, 9.17) is 0 Å². The van der Waals surface area contributed by atoms with E-state index in [9.17, 15) is 0 Å². The second-order valence-corrected chi connectivity index (χ2v) is 4.03. The molecule has 0 atom stereocenters. The van der Waals surface area contributed by atoms with Crippen molar-refractivity contribution >= 4 is 11.8 Å². The van der Waals surface area contributed by atoms with Crippen LogP contribution in [0.1, 0.15) is 11.3 Å². The fourth-order valence-electron chi connectivity index (χ4n) is 1.11. The SMILES string of the molecule is CSCCNCc1cnn(C)c1C. The lowest BCUT2D eigenvalue weighted by Crippen LogP contribution is -2.16. The van der Waals surface area contributed by atoms with Crippen LogP contribution in [0.15, 0.2) is 6.20 Å². The maximum Gasteiger partial charge on any atom is 0.0537 e. The summed E-state index contributed by atoms with van der Waals surface area (Å²) in [6.07, 6.45) is 4.05. The van der Waals surface area contributed by atoms with Gasteiger partial charge in [0, 0.05) is 37.1 Å². The Morgan fingerprint density at radius 1 is 1.62 bits per heavy atom. The van der Waals surface area contributed by atoms with Crippen LogP contribution in [0, 0.1) is 6.92 Å². The molecule has 4 heteroatoms. The summed E-state index contributed by atoms with van der Waals surface area (Å²) >= 11 is 1.86. The Hall–Kier alpha value is -0.480. The fourth-order valence-corrected chi connectivity index (χ4v) is 1.46. The van der Waals surface area contributed by atoms with Crippen LogP contribution in [-0.4, -0.2) is 28.3 Å². The molecule has 0 amide bonds. The maximum absolute atomic E-state index is 4.19. The molecule has 1 N–H and O–H groups in total. The summed E-state index contributed by atoms with van der Waals surface area (Å²) in [6.45, 7) is 4.09. The average Bonchev–Trinajstić information content (AvgIpc) is 2.43. The highest BCUT2D eigenvalue weighted by molar-refractivity contribution is 7.98. The number of aromatic nitrogens is 2. The lowest BCUT2D eigenvalue weighted by Gasteiger charge is -2.02. The van der Waals surface area contributed by atoms with Crippen molar-refractivity contribution in [2.24, 2.45) is 7.05 Å². The Bertz CT molecular complexity index is 257. The molecule has 0 aliphatic rings. The van der Waals surface area contributed by atoms with Crippen molar-refractivity contribution in [2.45, 2.75) is 13.5 Å². The molecule has 0 unspecified atom stereocenters. The van der Waals surface area contributed by atoms with E-state index in [2.05, 4.69) is 23.6 Å². The van der Waals surface area contributed by atoms with Gasteiger partial charge in [-0.15, -0.1) is 0 Å². The molecular formula is C9H17N3S. The largest absolute Gasteiger partial charge is 0.312 e. The van der Waals surface area contributed by atoms with Gasteiger partial charge < -0.3 is 5.32 Å². The van der Waals surface area contributed by atoms with Crippen molar-refractivity contribution in [1.82, 2.24) is 15.1 Å². The number of nitrogens with one attached hydrogen (secondary N) is 1. The van der Waals surface area contributed by atoms with E-state index in [0.717, 1.165) is 13.1 Å². The molecule has 0 aliphatic carbocycles. The summed E-state index contributed by atoms with van der Waals surface area (Å²) in [7, 11) is 1.97. The molecule has 0 radical (unpaired) electrons. The van der Waals surface area contributed by atoms with Gasteiger partial charge >= 0.3 is 0 Å². The van der Waals surface area contributed by atoms with Crippen molar-refractivity contribution in [3.05, 3.63) is 17.5 Å². The van der Waals surface area contributed by atoms with Crippen LogP contribution in [0.3, 0.4) is 0 Å². The molecule has 0 aromatic carbocycles. The predicted octanol–water partition coefficient (Wildman–Crippen LogP) is 1.18. The quantitative estimate of drug-likeness (QED) is 0.722. The van der Waals surface area contributed by atoms with E-state index in [0.29, 0.717) is 0 Å². The summed E-state index contributed by atoms with van der Waals surface area (Å²) in [5.41, 5.74) is 2.54. The van der Waals surface area contributed by atoms with Crippen LogP contribution < -0.4 is 5.32 Å². The van der Waals surface area contributed by atoms with Gasteiger partial charge in [0.1, 0.15) is 0 Å². The third-order valence-electron chi connectivity index (χ3n) is 2.14. The second-order valence-electron chi connectivity index (χ2n) is 3.05. The summed E-state index contributed by atoms with van der Waals surface area (Å²) in [6, 6.07) is 0. The van der Waals surface area contributed by atoms with Crippen molar-refractivity contribution in [3.63, 3.8) is 0 Å². The van der Waals surface area contributed by atoms with Crippen molar-refractivity contribution in [2.75, 3.05) is 18.6 Å². The maximum atomic E-state index is 4.19. The molecule has 0 spiro atoms. The number of rotatable bonds is 5. The van der Waals surface area contributed by atoms with Crippen LogP contribution in [-0.2, 0) is 13.6 Å². The number of thioether (sulfide) groups is 1. The molecule has 0 saturated carbocycles. The molecule has 13 heavy (non-hydrogen) atoms. The monoisotopic (exact) mass is 199 g/mol. The minimum atomic E-state index is 0.931. The first-order chi connectivity index (χ1) is 6.25. The molecule has 0 bridgehead atoms. The van der Waals surface area contributed by atoms with E-state index < -0.39 is 0 Å². The Morgan fingerprint density at radius 3 is 2.92 bits per heavy atom. The zero-order valence-corrected chi connectivity index (χ0v) is 9.32. The minimum absolute atomic E-state index is 0.931. The molecule has 1 aromatic heterocycles. The van der Waals surface area contributed by atoms with E-state index in [1.807, 2.05) is 29.7 Å². The summed E-state index contributed by atoms with van der Waals surface area (Å²) in [5.74, 6) is 1.17. The highest BCUT2D eigenvalue weighted by Crippen LogP contribution is 2.04. The molecule has 0 aliphatic heterocycles. The van der Waals surface area contributed by atoms with E-state index in [1.165, 1.54) is 17.0 Å².